The summed E-state index contributed by atoms with van der Waals surface area (Å²) >= 11 is 0. The first-order valence-electron chi connectivity index (χ1n) is 6.81. The lowest BCUT2D eigenvalue weighted by Crippen LogP contribution is -2.34. The Morgan fingerprint density at radius 2 is 2.27 bits per heavy atom. The molecule has 1 saturated heterocycles. The monoisotopic (exact) mass is 314 g/mol. The second-order valence-corrected chi connectivity index (χ2v) is 5.01. The average Bonchev–Trinajstić information content (AvgIpc) is 2.86. The van der Waals surface area contributed by atoms with Crippen molar-refractivity contribution in [3.05, 3.63) is 32.6 Å². The second kappa shape index (κ2) is 6.86. The number of ether oxygens (including phenoxy) is 2. The Labute approximate surface area is 125 Å². The Balaban J connectivity index is 2.23. The van der Waals surface area contributed by atoms with Crippen LogP contribution < -0.4 is 11.2 Å². The van der Waals surface area contributed by atoms with E-state index >= 15 is 0 Å². The Hall–Kier alpha value is -1.97. The zero-order valence-electron chi connectivity index (χ0n) is 12.0. The van der Waals surface area contributed by atoms with Crippen LogP contribution in [0.15, 0.2) is 15.8 Å². The first-order valence-corrected chi connectivity index (χ1v) is 6.81. The zero-order valence-corrected chi connectivity index (χ0v) is 12.0. The number of hydrogen-bond acceptors (Lipinski definition) is 7. The number of nitrogens with one attached hydrogen (secondary N) is 1. The van der Waals surface area contributed by atoms with Crippen LogP contribution in [0.1, 0.15) is 24.6 Å². The molecule has 2 heterocycles. The van der Waals surface area contributed by atoms with E-state index in [1.54, 1.807) is 0 Å². The number of H-pyrrole nitrogens is 1. The van der Waals surface area contributed by atoms with Gasteiger partial charge in [0, 0.05) is 24.6 Å². The van der Waals surface area contributed by atoms with Gasteiger partial charge in [0.15, 0.2) is 0 Å². The number of carbonyl (C=O) groups excluding carboxylic acids is 1. The Bertz CT molecular complexity index is 651. The third-order valence-electron chi connectivity index (χ3n) is 3.56. The van der Waals surface area contributed by atoms with E-state index in [4.69, 9.17) is 9.84 Å². The number of methoxy groups -OCH3 is 1. The van der Waals surface area contributed by atoms with E-state index in [-0.39, 0.29) is 31.4 Å². The van der Waals surface area contributed by atoms with Gasteiger partial charge in [-0.05, 0) is 6.42 Å². The van der Waals surface area contributed by atoms with Crippen LogP contribution in [0.5, 0.6) is 0 Å². The van der Waals surface area contributed by atoms with Crippen LogP contribution in [0.2, 0.25) is 0 Å². The molecule has 0 spiro atoms. The van der Waals surface area contributed by atoms with Crippen LogP contribution in [0.25, 0.3) is 0 Å². The van der Waals surface area contributed by atoms with Gasteiger partial charge in [0.25, 0.3) is 5.56 Å². The summed E-state index contributed by atoms with van der Waals surface area (Å²) in [7, 11) is 1.25. The van der Waals surface area contributed by atoms with E-state index < -0.39 is 35.7 Å². The van der Waals surface area contributed by atoms with Gasteiger partial charge < -0.3 is 19.7 Å². The molecule has 22 heavy (non-hydrogen) atoms. The number of hydrogen-bond donors (Lipinski definition) is 3. The predicted octanol–water partition coefficient (Wildman–Crippen LogP) is -1.72. The SMILES string of the molecule is COC(=O)CCc1cn([C@H]2C[C@H](O)[C@@H](CO)O2)c(=O)[nH]c1=O. The molecule has 3 N–H and O–H groups in total. The molecule has 0 amide bonds. The van der Waals surface area contributed by atoms with Gasteiger partial charge in [0.2, 0.25) is 0 Å². The smallest absolute Gasteiger partial charge is 0.330 e. The van der Waals surface area contributed by atoms with Gasteiger partial charge in [-0.15, -0.1) is 0 Å². The van der Waals surface area contributed by atoms with Crippen molar-refractivity contribution >= 4 is 5.97 Å². The van der Waals surface area contributed by atoms with E-state index in [9.17, 15) is 19.5 Å². The van der Waals surface area contributed by atoms with Gasteiger partial charge in [0.1, 0.15) is 12.3 Å². The molecule has 0 radical (unpaired) electrons. The number of esters is 1. The molecule has 0 aromatic carbocycles. The Morgan fingerprint density at radius 1 is 1.55 bits per heavy atom. The molecule has 2 rings (SSSR count). The Kier molecular flexibility index (Phi) is 5.11. The molecular formula is C13H18N2O7. The fraction of sp³-hybridized carbons (Fsp3) is 0.615. The second-order valence-electron chi connectivity index (χ2n) is 5.01. The number of aliphatic hydroxyl groups excluding tert-OH is 2. The predicted molar refractivity (Wildman–Crippen MR) is 73.3 cm³/mol. The summed E-state index contributed by atoms with van der Waals surface area (Å²) in [6.45, 7) is -0.370. The molecule has 0 unspecified atom stereocenters. The van der Waals surface area contributed by atoms with Crippen molar-refractivity contribution in [1.82, 2.24) is 9.55 Å². The fourth-order valence-corrected chi connectivity index (χ4v) is 2.31. The lowest BCUT2D eigenvalue weighted by molar-refractivity contribution is -0.140. The van der Waals surface area contributed by atoms with E-state index in [0.717, 1.165) is 4.57 Å². The zero-order chi connectivity index (χ0) is 16.3. The molecule has 1 aromatic heterocycles. The molecule has 1 aliphatic heterocycles. The molecular weight excluding hydrogens is 296 g/mol. The third-order valence-corrected chi connectivity index (χ3v) is 3.56. The summed E-state index contributed by atoms with van der Waals surface area (Å²) in [5, 5.41) is 18.8. The van der Waals surface area contributed by atoms with Crippen LogP contribution in [0, 0.1) is 0 Å². The lowest BCUT2D eigenvalue weighted by Gasteiger charge is -2.15. The molecule has 0 bridgehead atoms. The van der Waals surface area contributed by atoms with Gasteiger partial charge in [-0.25, -0.2) is 4.79 Å². The number of nitrogens with zero attached hydrogens (tertiary/aromatic N) is 1. The number of rotatable bonds is 5. The van der Waals surface area contributed by atoms with Gasteiger partial charge >= 0.3 is 11.7 Å². The van der Waals surface area contributed by atoms with Crippen molar-refractivity contribution in [1.29, 1.82) is 0 Å². The van der Waals surface area contributed by atoms with Crippen molar-refractivity contribution in [3.63, 3.8) is 0 Å². The normalized spacial score (nSPS) is 24.4. The standard InChI is InChI=1S/C13H18N2O7/c1-21-11(18)3-2-7-5-15(13(20)14-12(7)19)10-4-8(17)9(6-16)22-10/h5,8-10,16-17H,2-4,6H2,1H3,(H,14,19,20)/t8-,9+,10+/m0/s1. The molecule has 9 nitrogen and oxygen atoms in total. The van der Waals surface area contributed by atoms with Crippen molar-refractivity contribution in [2.45, 2.75) is 37.7 Å². The van der Waals surface area contributed by atoms with Crippen LogP contribution in [-0.4, -0.2) is 51.7 Å². The topological polar surface area (TPSA) is 131 Å². The van der Waals surface area contributed by atoms with Crippen molar-refractivity contribution in [3.8, 4) is 0 Å². The molecule has 1 aromatic rings. The minimum absolute atomic E-state index is 0.00516. The quantitative estimate of drug-likeness (QED) is 0.551. The van der Waals surface area contributed by atoms with E-state index in [1.807, 2.05) is 0 Å². The highest BCUT2D eigenvalue weighted by Crippen LogP contribution is 2.27. The first-order chi connectivity index (χ1) is 10.5. The summed E-state index contributed by atoms with van der Waals surface area (Å²) in [5.74, 6) is -0.468. The maximum absolute atomic E-state index is 11.9. The number of aromatic nitrogens is 2. The minimum Gasteiger partial charge on any atom is -0.469 e. The average molecular weight is 314 g/mol. The summed E-state index contributed by atoms with van der Waals surface area (Å²) in [6, 6.07) is 0. The summed E-state index contributed by atoms with van der Waals surface area (Å²) < 4.78 is 11.0. The highest BCUT2D eigenvalue weighted by molar-refractivity contribution is 5.69. The molecule has 122 valence electrons. The van der Waals surface area contributed by atoms with Gasteiger partial charge in [-0.3, -0.25) is 19.1 Å². The minimum atomic E-state index is -0.896. The first kappa shape index (κ1) is 16.4. The summed E-state index contributed by atoms with van der Waals surface area (Å²) in [5.41, 5.74) is -1.03. The van der Waals surface area contributed by atoms with Crippen LogP contribution in [-0.2, 0) is 20.7 Å². The fourth-order valence-electron chi connectivity index (χ4n) is 2.31. The van der Waals surface area contributed by atoms with Gasteiger partial charge in [-0.1, -0.05) is 0 Å². The summed E-state index contributed by atoms with van der Waals surface area (Å²) in [6.07, 6.45) is -0.913. The summed E-state index contributed by atoms with van der Waals surface area (Å²) in [4.78, 5) is 36.9. The van der Waals surface area contributed by atoms with Crippen LogP contribution in [0.4, 0.5) is 0 Å². The molecule has 1 fully saturated rings. The number of aromatic amines is 1. The number of carbonyl (C=O) groups is 1. The van der Waals surface area contributed by atoms with Gasteiger partial charge in [-0.2, -0.15) is 0 Å². The largest absolute Gasteiger partial charge is 0.469 e. The highest BCUT2D eigenvalue weighted by atomic mass is 16.5. The van der Waals surface area contributed by atoms with Gasteiger partial charge in [0.05, 0.1) is 19.8 Å². The highest BCUT2D eigenvalue weighted by Gasteiger charge is 2.35. The molecule has 9 heteroatoms. The van der Waals surface area contributed by atoms with E-state index in [2.05, 4.69) is 9.72 Å². The van der Waals surface area contributed by atoms with Crippen LogP contribution >= 0.6 is 0 Å². The van der Waals surface area contributed by atoms with E-state index in [1.165, 1.54) is 13.3 Å². The van der Waals surface area contributed by atoms with Crippen molar-refractivity contribution in [2.75, 3.05) is 13.7 Å². The molecule has 1 aliphatic rings. The maximum Gasteiger partial charge on any atom is 0.330 e. The number of aryl methyl sites for hydroxylation is 1. The Morgan fingerprint density at radius 3 is 2.86 bits per heavy atom. The van der Waals surface area contributed by atoms with Crippen molar-refractivity contribution in [2.24, 2.45) is 0 Å². The molecule has 0 saturated carbocycles. The van der Waals surface area contributed by atoms with Crippen LogP contribution in [0.3, 0.4) is 0 Å². The maximum atomic E-state index is 11.9. The number of aliphatic hydroxyl groups is 2. The van der Waals surface area contributed by atoms with Crippen molar-refractivity contribution < 1.29 is 24.5 Å². The van der Waals surface area contributed by atoms with E-state index in [0.29, 0.717) is 0 Å². The third kappa shape index (κ3) is 3.43. The molecule has 0 aliphatic carbocycles. The molecule has 3 atom stereocenters. The lowest BCUT2D eigenvalue weighted by atomic mass is 10.1.